The van der Waals surface area contributed by atoms with Gasteiger partial charge in [0.15, 0.2) is 0 Å². The number of hydrogen-bond donors (Lipinski definition) is 1. The van der Waals surface area contributed by atoms with Crippen molar-refractivity contribution >= 4 is 21.6 Å². The van der Waals surface area contributed by atoms with E-state index in [-0.39, 0.29) is 17.4 Å². The minimum absolute atomic E-state index is 0.208. The Morgan fingerprint density at radius 2 is 2.00 bits per heavy atom. The first-order valence-electron chi connectivity index (χ1n) is 7.08. The number of nitrogens with zero attached hydrogens (tertiary/aromatic N) is 1. The number of hydrogen-bond acceptors (Lipinski definition) is 4. The van der Waals surface area contributed by atoms with Crippen molar-refractivity contribution in [1.29, 1.82) is 0 Å². The van der Waals surface area contributed by atoms with E-state index in [0.717, 1.165) is 12.1 Å². The fourth-order valence-corrected chi connectivity index (χ4v) is 3.42. The van der Waals surface area contributed by atoms with Crippen molar-refractivity contribution in [1.82, 2.24) is 9.71 Å². The SMILES string of the molecule is CCOc1ncccc1CNS(=O)(=O)c1ccc(Cl)cc1C(F)(F)F. The van der Waals surface area contributed by atoms with Crippen LogP contribution in [-0.4, -0.2) is 20.0 Å². The van der Waals surface area contributed by atoms with Crippen LogP contribution in [0.1, 0.15) is 18.1 Å². The predicted octanol–water partition coefficient (Wildman–Crippen LogP) is 3.63. The van der Waals surface area contributed by atoms with E-state index in [1.165, 1.54) is 6.20 Å². The molecule has 0 spiro atoms. The van der Waals surface area contributed by atoms with Crippen LogP contribution in [0.5, 0.6) is 5.88 Å². The summed E-state index contributed by atoms with van der Waals surface area (Å²) < 4.78 is 71.4. The number of sulfonamides is 1. The molecule has 10 heteroatoms. The van der Waals surface area contributed by atoms with E-state index in [0.29, 0.717) is 18.2 Å². The van der Waals surface area contributed by atoms with Crippen LogP contribution in [-0.2, 0) is 22.7 Å². The second-order valence-electron chi connectivity index (χ2n) is 4.86. The van der Waals surface area contributed by atoms with Crippen LogP contribution < -0.4 is 9.46 Å². The molecule has 2 rings (SSSR count). The second kappa shape index (κ2) is 7.59. The van der Waals surface area contributed by atoms with Crippen molar-refractivity contribution in [3.63, 3.8) is 0 Å². The summed E-state index contributed by atoms with van der Waals surface area (Å²) in [6, 6.07) is 5.61. The lowest BCUT2D eigenvalue weighted by Crippen LogP contribution is -2.26. The summed E-state index contributed by atoms with van der Waals surface area (Å²) in [6.07, 6.45) is -3.40. The molecule has 0 aliphatic rings. The maximum absolute atomic E-state index is 13.1. The summed E-state index contributed by atoms with van der Waals surface area (Å²) in [5.74, 6) is 0.208. The van der Waals surface area contributed by atoms with Crippen molar-refractivity contribution in [2.75, 3.05) is 6.61 Å². The van der Waals surface area contributed by atoms with E-state index >= 15 is 0 Å². The molecule has 0 fully saturated rings. The number of alkyl halides is 3. The molecular weight excluding hydrogens is 381 g/mol. The molecule has 0 radical (unpaired) electrons. The van der Waals surface area contributed by atoms with E-state index in [4.69, 9.17) is 16.3 Å². The highest BCUT2D eigenvalue weighted by Gasteiger charge is 2.37. The molecule has 0 unspecified atom stereocenters. The zero-order valence-electron chi connectivity index (χ0n) is 13.0. The molecule has 5 nitrogen and oxygen atoms in total. The van der Waals surface area contributed by atoms with Crippen molar-refractivity contribution in [3.05, 3.63) is 52.7 Å². The molecule has 0 saturated heterocycles. The number of ether oxygens (including phenoxy) is 1. The van der Waals surface area contributed by atoms with E-state index in [1.807, 2.05) is 0 Å². The lowest BCUT2D eigenvalue weighted by atomic mass is 10.2. The molecule has 1 heterocycles. The largest absolute Gasteiger partial charge is 0.478 e. The molecule has 0 atom stereocenters. The average molecular weight is 395 g/mol. The van der Waals surface area contributed by atoms with Gasteiger partial charge in [0.25, 0.3) is 0 Å². The normalized spacial score (nSPS) is 12.2. The van der Waals surface area contributed by atoms with Gasteiger partial charge in [-0.1, -0.05) is 17.7 Å². The molecule has 0 amide bonds. The second-order valence-corrected chi connectivity index (χ2v) is 7.04. The van der Waals surface area contributed by atoms with Crippen LogP contribution >= 0.6 is 11.6 Å². The molecule has 0 aliphatic carbocycles. The maximum Gasteiger partial charge on any atom is 0.417 e. The molecule has 136 valence electrons. The molecular formula is C15H14ClF3N2O3S. The third-order valence-corrected chi connectivity index (χ3v) is 4.81. The van der Waals surface area contributed by atoms with Gasteiger partial charge in [0.1, 0.15) is 0 Å². The van der Waals surface area contributed by atoms with Crippen LogP contribution in [0.2, 0.25) is 5.02 Å². The van der Waals surface area contributed by atoms with Crippen molar-refractivity contribution < 1.29 is 26.3 Å². The summed E-state index contributed by atoms with van der Waals surface area (Å²) in [7, 11) is -4.43. The Morgan fingerprint density at radius 1 is 1.28 bits per heavy atom. The lowest BCUT2D eigenvalue weighted by Gasteiger charge is -2.15. The lowest BCUT2D eigenvalue weighted by molar-refractivity contribution is -0.139. The third-order valence-electron chi connectivity index (χ3n) is 3.12. The topological polar surface area (TPSA) is 68.3 Å². The fraction of sp³-hybridized carbons (Fsp3) is 0.267. The zero-order valence-corrected chi connectivity index (χ0v) is 14.5. The zero-order chi connectivity index (χ0) is 18.7. The molecule has 0 saturated carbocycles. The summed E-state index contributed by atoms with van der Waals surface area (Å²) in [6.45, 7) is 1.77. The summed E-state index contributed by atoms with van der Waals surface area (Å²) >= 11 is 5.56. The Kier molecular flexibility index (Phi) is 5.91. The standard InChI is InChI=1S/C15H14ClF3N2O3S/c1-2-24-14-10(4-3-7-20-14)9-21-25(22,23)13-6-5-11(16)8-12(13)15(17,18)19/h3-8,21H,2,9H2,1H3. The van der Waals surface area contributed by atoms with E-state index in [2.05, 4.69) is 9.71 Å². The third kappa shape index (κ3) is 4.83. The highest BCUT2D eigenvalue weighted by atomic mass is 35.5. The van der Waals surface area contributed by atoms with Crippen molar-refractivity contribution in [2.45, 2.75) is 24.5 Å². The van der Waals surface area contributed by atoms with Gasteiger partial charge in [-0.15, -0.1) is 0 Å². The Bertz CT molecular complexity index is 857. The minimum atomic E-state index is -4.86. The molecule has 1 aromatic carbocycles. The highest BCUT2D eigenvalue weighted by molar-refractivity contribution is 7.89. The van der Waals surface area contributed by atoms with Crippen LogP contribution in [0.4, 0.5) is 13.2 Å². The van der Waals surface area contributed by atoms with Crippen LogP contribution in [0.25, 0.3) is 0 Å². The Balaban J connectivity index is 2.32. The smallest absolute Gasteiger partial charge is 0.417 e. The van der Waals surface area contributed by atoms with Crippen molar-refractivity contribution in [3.8, 4) is 5.88 Å². The van der Waals surface area contributed by atoms with Gasteiger partial charge in [-0.2, -0.15) is 13.2 Å². The quantitative estimate of drug-likeness (QED) is 0.812. The number of aromatic nitrogens is 1. The number of pyridine rings is 1. The van der Waals surface area contributed by atoms with Gasteiger partial charge in [-0.05, 0) is 31.2 Å². The number of nitrogens with one attached hydrogen (secondary N) is 1. The van der Waals surface area contributed by atoms with Gasteiger partial charge in [-0.3, -0.25) is 0 Å². The van der Waals surface area contributed by atoms with Gasteiger partial charge in [0.05, 0.1) is 17.1 Å². The van der Waals surface area contributed by atoms with Gasteiger partial charge in [0.2, 0.25) is 15.9 Å². The van der Waals surface area contributed by atoms with Gasteiger partial charge < -0.3 is 4.74 Å². The Labute approximate surface area is 147 Å². The Morgan fingerprint density at radius 3 is 2.64 bits per heavy atom. The molecule has 25 heavy (non-hydrogen) atoms. The fourth-order valence-electron chi connectivity index (χ4n) is 2.03. The predicted molar refractivity (Wildman–Crippen MR) is 85.9 cm³/mol. The highest BCUT2D eigenvalue weighted by Crippen LogP contribution is 2.35. The van der Waals surface area contributed by atoms with Crippen LogP contribution in [0, 0.1) is 0 Å². The van der Waals surface area contributed by atoms with E-state index < -0.39 is 26.7 Å². The number of benzene rings is 1. The maximum atomic E-state index is 13.1. The van der Waals surface area contributed by atoms with E-state index in [1.54, 1.807) is 19.1 Å². The van der Waals surface area contributed by atoms with Gasteiger partial charge in [-0.25, -0.2) is 18.1 Å². The molecule has 0 aliphatic heterocycles. The number of halogens is 4. The van der Waals surface area contributed by atoms with Crippen LogP contribution in [0.3, 0.4) is 0 Å². The summed E-state index contributed by atoms with van der Waals surface area (Å²) in [5, 5.41) is -0.211. The van der Waals surface area contributed by atoms with Gasteiger partial charge >= 0.3 is 6.18 Å². The summed E-state index contributed by atoms with van der Waals surface area (Å²) in [5.41, 5.74) is -0.931. The summed E-state index contributed by atoms with van der Waals surface area (Å²) in [4.78, 5) is 3.06. The van der Waals surface area contributed by atoms with Crippen molar-refractivity contribution in [2.24, 2.45) is 0 Å². The minimum Gasteiger partial charge on any atom is -0.478 e. The van der Waals surface area contributed by atoms with Crippen LogP contribution in [0.15, 0.2) is 41.4 Å². The molecule has 1 aromatic heterocycles. The van der Waals surface area contributed by atoms with Gasteiger partial charge in [0, 0.05) is 23.3 Å². The first-order chi connectivity index (χ1) is 11.6. The Hall–Kier alpha value is -1.84. The number of rotatable bonds is 6. The molecule has 1 N–H and O–H groups in total. The molecule has 0 bridgehead atoms. The first-order valence-corrected chi connectivity index (χ1v) is 8.94. The monoisotopic (exact) mass is 394 g/mol. The van der Waals surface area contributed by atoms with E-state index in [9.17, 15) is 21.6 Å². The average Bonchev–Trinajstić information content (AvgIpc) is 2.53. The first kappa shape index (κ1) is 19.5. The molecule has 2 aromatic rings.